The van der Waals surface area contributed by atoms with Crippen molar-refractivity contribution in [2.24, 2.45) is 0 Å². The minimum Gasteiger partial charge on any atom is -0.508 e. The van der Waals surface area contributed by atoms with Gasteiger partial charge in [-0.1, -0.05) is 12.1 Å². The van der Waals surface area contributed by atoms with Crippen molar-refractivity contribution in [1.29, 1.82) is 0 Å². The summed E-state index contributed by atoms with van der Waals surface area (Å²) < 4.78 is 22.4. The molecule has 6 heteroatoms. The highest BCUT2D eigenvalue weighted by Crippen LogP contribution is 2.15. The predicted octanol–water partition coefficient (Wildman–Crippen LogP) is 2.19. The van der Waals surface area contributed by atoms with Crippen LogP contribution in [0.15, 0.2) is 48.5 Å². The topological polar surface area (TPSA) is 83.5 Å². The monoisotopic (exact) mass is 305 g/mol. The first-order chi connectivity index (χ1) is 9.83. The molecule has 5 nitrogen and oxygen atoms in total. The normalized spacial score (nSPS) is 11.1. The SMILES string of the molecule is CS(=O)(=O)Cc1ccc(C(=O)Nc2ccc(O)cc2)cc1. The lowest BCUT2D eigenvalue weighted by Crippen LogP contribution is -2.11. The zero-order chi connectivity index (χ0) is 15.5. The molecule has 0 spiro atoms. The van der Waals surface area contributed by atoms with E-state index in [1.54, 1.807) is 36.4 Å². The van der Waals surface area contributed by atoms with Gasteiger partial charge in [-0.25, -0.2) is 8.42 Å². The average Bonchev–Trinajstić information content (AvgIpc) is 2.40. The molecule has 2 rings (SSSR count). The summed E-state index contributed by atoms with van der Waals surface area (Å²) in [4.78, 5) is 12.0. The number of nitrogens with one attached hydrogen (secondary N) is 1. The number of phenols is 1. The van der Waals surface area contributed by atoms with Gasteiger partial charge in [-0.3, -0.25) is 4.79 Å². The molecule has 0 unspecified atom stereocenters. The molecule has 0 saturated carbocycles. The number of phenolic OH excluding ortho intramolecular Hbond substituents is 1. The molecule has 0 aliphatic rings. The van der Waals surface area contributed by atoms with E-state index >= 15 is 0 Å². The first-order valence-electron chi connectivity index (χ1n) is 6.20. The highest BCUT2D eigenvalue weighted by atomic mass is 32.2. The van der Waals surface area contributed by atoms with Gasteiger partial charge < -0.3 is 10.4 Å². The van der Waals surface area contributed by atoms with Crippen LogP contribution in [0.5, 0.6) is 5.75 Å². The van der Waals surface area contributed by atoms with Gasteiger partial charge in [0.15, 0.2) is 9.84 Å². The lowest BCUT2D eigenvalue weighted by molar-refractivity contribution is 0.102. The summed E-state index contributed by atoms with van der Waals surface area (Å²) in [5.74, 6) is -0.225. The Kier molecular flexibility index (Phi) is 4.28. The van der Waals surface area contributed by atoms with Gasteiger partial charge in [-0.2, -0.15) is 0 Å². The van der Waals surface area contributed by atoms with Crippen molar-refractivity contribution in [3.05, 3.63) is 59.7 Å². The van der Waals surface area contributed by atoms with E-state index in [1.807, 2.05) is 0 Å². The van der Waals surface area contributed by atoms with Gasteiger partial charge in [0.05, 0.1) is 5.75 Å². The van der Waals surface area contributed by atoms with Crippen LogP contribution in [-0.4, -0.2) is 25.7 Å². The van der Waals surface area contributed by atoms with Gasteiger partial charge in [0.25, 0.3) is 5.91 Å². The molecule has 0 saturated heterocycles. The number of carbonyl (C=O) groups excluding carboxylic acids is 1. The van der Waals surface area contributed by atoms with Gasteiger partial charge in [-0.15, -0.1) is 0 Å². The number of hydrogen-bond donors (Lipinski definition) is 2. The number of anilines is 1. The number of rotatable bonds is 4. The van der Waals surface area contributed by atoms with Gasteiger partial charge in [0.1, 0.15) is 5.75 Å². The average molecular weight is 305 g/mol. The zero-order valence-corrected chi connectivity index (χ0v) is 12.2. The zero-order valence-electron chi connectivity index (χ0n) is 11.4. The van der Waals surface area contributed by atoms with Crippen molar-refractivity contribution in [3.8, 4) is 5.75 Å². The Balaban J connectivity index is 2.08. The molecular weight excluding hydrogens is 290 g/mol. The summed E-state index contributed by atoms with van der Waals surface area (Å²) in [7, 11) is -3.09. The summed E-state index contributed by atoms with van der Waals surface area (Å²) in [6, 6.07) is 12.5. The van der Waals surface area contributed by atoms with Crippen LogP contribution in [0.2, 0.25) is 0 Å². The largest absolute Gasteiger partial charge is 0.508 e. The van der Waals surface area contributed by atoms with Gasteiger partial charge in [0, 0.05) is 17.5 Å². The Bertz CT molecular complexity index is 734. The van der Waals surface area contributed by atoms with Crippen molar-refractivity contribution in [3.63, 3.8) is 0 Å². The maximum absolute atomic E-state index is 12.0. The van der Waals surface area contributed by atoms with E-state index in [0.29, 0.717) is 16.8 Å². The van der Waals surface area contributed by atoms with E-state index in [9.17, 15) is 13.2 Å². The maximum atomic E-state index is 12.0. The Morgan fingerprint density at radius 1 is 1.05 bits per heavy atom. The van der Waals surface area contributed by atoms with Crippen LogP contribution in [0.25, 0.3) is 0 Å². The van der Waals surface area contributed by atoms with E-state index < -0.39 is 9.84 Å². The molecule has 2 aromatic rings. The van der Waals surface area contributed by atoms with E-state index in [1.165, 1.54) is 18.4 Å². The van der Waals surface area contributed by atoms with Gasteiger partial charge in [0.2, 0.25) is 0 Å². The Morgan fingerprint density at radius 3 is 2.14 bits per heavy atom. The van der Waals surface area contributed by atoms with Crippen LogP contribution in [0, 0.1) is 0 Å². The standard InChI is InChI=1S/C15H15NO4S/c1-21(19,20)10-11-2-4-12(5-3-11)15(18)16-13-6-8-14(17)9-7-13/h2-9,17H,10H2,1H3,(H,16,18). The first-order valence-corrected chi connectivity index (χ1v) is 8.26. The fourth-order valence-electron chi connectivity index (χ4n) is 1.80. The molecule has 0 fully saturated rings. The molecule has 0 aromatic heterocycles. The molecule has 0 aliphatic heterocycles. The number of aromatic hydroxyl groups is 1. The van der Waals surface area contributed by atoms with Crippen LogP contribution >= 0.6 is 0 Å². The molecule has 0 heterocycles. The molecule has 0 radical (unpaired) electrons. The molecule has 0 aliphatic carbocycles. The molecule has 110 valence electrons. The third kappa shape index (κ3) is 4.61. The van der Waals surface area contributed by atoms with Crippen LogP contribution in [0.4, 0.5) is 5.69 Å². The number of benzene rings is 2. The Morgan fingerprint density at radius 2 is 1.62 bits per heavy atom. The van der Waals surface area contributed by atoms with Crippen molar-refractivity contribution in [1.82, 2.24) is 0 Å². The predicted molar refractivity (Wildman–Crippen MR) is 81.0 cm³/mol. The minimum atomic E-state index is -3.09. The van der Waals surface area contributed by atoms with E-state index in [0.717, 1.165) is 0 Å². The summed E-state index contributed by atoms with van der Waals surface area (Å²) in [6.07, 6.45) is 1.17. The first kappa shape index (κ1) is 15.1. The van der Waals surface area contributed by atoms with Crippen molar-refractivity contribution in [2.75, 3.05) is 11.6 Å². The molecule has 21 heavy (non-hydrogen) atoms. The van der Waals surface area contributed by atoms with E-state index in [4.69, 9.17) is 5.11 Å². The van der Waals surface area contributed by atoms with Crippen molar-refractivity contribution in [2.45, 2.75) is 5.75 Å². The number of carbonyl (C=O) groups is 1. The fourth-order valence-corrected chi connectivity index (χ4v) is 2.60. The summed E-state index contributed by atoms with van der Waals surface area (Å²) in [5.41, 5.74) is 1.64. The Labute approximate surface area is 123 Å². The van der Waals surface area contributed by atoms with E-state index in [-0.39, 0.29) is 17.4 Å². The smallest absolute Gasteiger partial charge is 0.255 e. The second-order valence-electron chi connectivity index (χ2n) is 4.77. The number of amides is 1. The number of hydrogen-bond acceptors (Lipinski definition) is 4. The van der Waals surface area contributed by atoms with Crippen LogP contribution < -0.4 is 5.32 Å². The second kappa shape index (κ2) is 5.97. The van der Waals surface area contributed by atoms with Gasteiger partial charge >= 0.3 is 0 Å². The Hall–Kier alpha value is -2.34. The summed E-state index contributed by atoms with van der Waals surface area (Å²) in [5, 5.41) is 11.9. The molecule has 0 atom stereocenters. The molecule has 2 aromatic carbocycles. The van der Waals surface area contributed by atoms with Gasteiger partial charge in [-0.05, 0) is 42.0 Å². The summed E-state index contributed by atoms with van der Waals surface area (Å²) >= 11 is 0. The number of sulfone groups is 1. The molecule has 1 amide bonds. The molecular formula is C15H15NO4S. The second-order valence-corrected chi connectivity index (χ2v) is 6.91. The highest BCUT2D eigenvalue weighted by Gasteiger charge is 2.08. The molecule has 2 N–H and O–H groups in total. The van der Waals surface area contributed by atoms with Crippen LogP contribution in [0.1, 0.15) is 15.9 Å². The highest BCUT2D eigenvalue weighted by molar-refractivity contribution is 7.89. The minimum absolute atomic E-state index is 0.0487. The van der Waals surface area contributed by atoms with Crippen molar-refractivity contribution < 1.29 is 18.3 Å². The quantitative estimate of drug-likeness (QED) is 0.848. The van der Waals surface area contributed by atoms with Crippen LogP contribution in [0.3, 0.4) is 0 Å². The summed E-state index contributed by atoms with van der Waals surface area (Å²) in [6.45, 7) is 0. The van der Waals surface area contributed by atoms with Crippen LogP contribution in [-0.2, 0) is 15.6 Å². The fraction of sp³-hybridized carbons (Fsp3) is 0.133. The lowest BCUT2D eigenvalue weighted by atomic mass is 10.1. The third-order valence-corrected chi connectivity index (χ3v) is 3.63. The van der Waals surface area contributed by atoms with Crippen molar-refractivity contribution >= 4 is 21.4 Å². The molecule has 0 bridgehead atoms. The maximum Gasteiger partial charge on any atom is 0.255 e. The third-order valence-electron chi connectivity index (χ3n) is 2.77. The lowest BCUT2D eigenvalue weighted by Gasteiger charge is -2.06. The van der Waals surface area contributed by atoms with E-state index in [2.05, 4.69) is 5.32 Å².